The van der Waals surface area contributed by atoms with E-state index in [1.165, 1.54) is 17.8 Å². The Morgan fingerprint density at radius 1 is 1.48 bits per heavy atom. The Hall–Kier alpha value is -1.55. The van der Waals surface area contributed by atoms with Crippen molar-refractivity contribution in [2.24, 2.45) is 0 Å². The summed E-state index contributed by atoms with van der Waals surface area (Å²) in [6, 6.07) is 0.383. The predicted molar refractivity (Wildman–Crippen MR) is 88.3 cm³/mol. The number of aliphatic hydroxyl groups is 2. The SMILES string of the molecule is CN(c1nc(Cl)nc2c1ncn2[C@@H]1O[C@H](CO)[C@@H](O)[C@@]1(C)F)C1CC1. The van der Waals surface area contributed by atoms with Crippen LogP contribution in [0.25, 0.3) is 11.2 Å². The lowest BCUT2D eigenvalue weighted by molar-refractivity contribution is -0.0566. The van der Waals surface area contributed by atoms with Crippen LogP contribution in [0.3, 0.4) is 0 Å². The first-order valence-corrected chi connectivity index (χ1v) is 8.48. The van der Waals surface area contributed by atoms with Crippen LogP contribution in [-0.4, -0.2) is 67.3 Å². The summed E-state index contributed by atoms with van der Waals surface area (Å²) in [7, 11) is 1.91. The van der Waals surface area contributed by atoms with Crippen molar-refractivity contribution in [1.82, 2.24) is 19.5 Å². The first-order valence-electron chi connectivity index (χ1n) is 8.10. The van der Waals surface area contributed by atoms with Gasteiger partial charge in [0, 0.05) is 13.1 Å². The number of ether oxygens (including phenoxy) is 1. The summed E-state index contributed by atoms with van der Waals surface area (Å²) in [6.07, 6.45) is -0.142. The summed E-state index contributed by atoms with van der Waals surface area (Å²) < 4.78 is 22.0. The van der Waals surface area contributed by atoms with E-state index < -0.39 is 30.7 Å². The summed E-state index contributed by atoms with van der Waals surface area (Å²) in [5, 5.41) is 19.4. The quantitative estimate of drug-likeness (QED) is 0.775. The van der Waals surface area contributed by atoms with Crippen molar-refractivity contribution in [2.45, 2.75) is 49.9 Å². The van der Waals surface area contributed by atoms with E-state index in [9.17, 15) is 10.2 Å². The van der Waals surface area contributed by atoms with Gasteiger partial charge >= 0.3 is 0 Å². The van der Waals surface area contributed by atoms with Gasteiger partial charge in [0.05, 0.1) is 12.9 Å². The van der Waals surface area contributed by atoms with Gasteiger partial charge in [-0.25, -0.2) is 9.37 Å². The number of hydrogen-bond donors (Lipinski definition) is 2. The maximum atomic E-state index is 15.1. The molecule has 2 aromatic heterocycles. The maximum absolute atomic E-state index is 15.1. The third-order valence-electron chi connectivity index (χ3n) is 4.95. The third kappa shape index (κ3) is 2.57. The Morgan fingerprint density at radius 3 is 2.80 bits per heavy atom. The van der Waals surface area contributed by atoms with Gasteiger partial charge < -0.3 is 19.8 Å². The number of aromatic nitrogens is 4. The normalized spacial score (nSPS) is 32.5. The van der Waals surface area contributed by atoms with Crippen molar-refractivity contribution in [3.8, 4) is 0 Å². The average Bonchev–Trinajstić information content (AvgIpc) is 3.30. The van der Waals surface area contributed by atoms with Gasteiger partial charge in [0.15, 0.2) is 28.9 Å². The number of alkyl halides is 1. The first kappa shape index (κ1) is 16.9. The Bertz CT molecular complexity index is 812. The van der Waals surface area contributed by atoms with Gasteiger partial charge in [-0.1, -0.05) is 0 Å². The maximum Gasteiger partial charge on any atom is 0.226 e. The second-order valence-corrected chi connectivity index (χ2v) is 7.13. The van der Waals surface area contributed by atoms with Crippen LogP contribution in [0, 0.1) is 0 Å². The third-order valence-corrected chi connectivity index (χ3v) is 5.12. The summed E-state index contributed by atoms with van der Waals surface area (Å²) in [5.41, 5.74) is -1.32. The molecule has 136 valence electrons. The predicted octanol–water partition coefficient (Wildman–Crippen LogP) is 1.06. The summed E-state index contributed by atoms with van der Waals surface area (Å²) in [5.74, 6) is 0.578. The van der Waals surface area contributed by atoms with Crippen molar-refractivity contribution in [2.75, 3.05) is 18.6 Å². The van der Waals surface area contributed by atoms with Crippen LogP contribution in [0.5, 0.6) is 0 Å². The monoisotopic (exact) mass is 371 g/mol. The van der Waals surface area contributed by atoms with Gasteiger partial charge in [-0.15, -0.1) is 0 Å². The van der Waals surface area contributed by atoms with E-state index in [1.807, 2.05) is 11.9 Å². The number of aliphatic hydroxyl groups excluding tert-OH is 2. The molecule has 1 saturated heterocycles. The molecule has 2 fully saturated rings. The van der Waals surface area contributed by atoms with E-state index in [4.69, 9.17) is 16.3 Å². The Kier molecular flexibility index (Phi) is 3.87. The molecule has 3 heterocycles. The van der Waals surface area contributed by atoms with E-state index >= 15 is 4.39 Å². The fourth-order valence-corrected chi connectivity index (χ4v) is 3.45. The number of fused-ring (bicyclic) bond motifs is 1. The Balaban J connectivity index is 1.81. The minimum atomic E-state index is -2.12. The summed E-state index contributed by atoms with van der Waals surface area (Å²) >= 11 is 6.07. The molecular weight excluding hydrogens is 353 g/mol. The molecule has 0 spiro atoms. The number of imidazole rings is 1. The molecule has 0 bridgehead atoms. The van der Waals surface area contributed by atoms with Crippen molar-refractivity contribution in [3.63, 3.8) is 0 Å². The van der Waals surface area contributed by atoms with Crippen molar-refractivity contribution in [1.29, 1.82) is 0 Å². The molecule has 1 aliphatic carbocycles. The molecule has 4 atom stereocenters. The molecule has 8 nitrogen and oxygen atoms in total. The van der Waals surface area contributed by atoms with Gasteiger partial charge in [0.25, 0.3) is 0 Å². The lowest BCUT2D eigenvalue weighted by Gasteiger charge is -2.24. The van der Waals surface area contributed by atoms with Crippen LogP contribution in [0.1, 0.15) is 26.0 Å². The molecule has 2 aromatic rings. The van der Waals surface area contributed by atoms with E-state index in [-0.39, 0.29) is 5.28 Å². The number of rotatable bonds is 4. The molecule has 4 rings (SSSR count). The molecule has 0 radical (unpaired) electrons. The molecule has 0 aromatic carbocycles. The Labute approximate surface area is 148 Å². The van der Waals surface area contributed by atoms with Crippen molar-refractivity contribution < 1.29 is 19.3 Å². The zero-order valence-electron chi connectivity index (χ0n) is 13.8. The largest absolute Gasteiger partial charge is 0.394 e. The number of anilines is 1. The zero-order chi connectivity index (χ0) is 17.9. The molecule has 0 amide bonds. The zero-order valence-corrected chi connectivity index (χ0v) is 14.6. The topological polar surface area (TPSA) is 96.5 Å². The fourth-order valence-electron chi connectivity index (χ4n) is 3.29. The smallest absolute Gasteiger partial charge is 0.226 e. The second-order valence-electron chi connectivity index (χ2n) is 6.79. The molecule has 1 aliphatic heterocycles. The van der Waals surface area contributed by atoms with E-state index in [0.717, 1.165) is 12.8 Å². The summed E-state index contributed by atoms with van der Waals surface area (Å²) in [4.78, 5) is 14.8. The summed E-state index contributed by atoms with van der Waals surface area (Å²) in [6.45, 7) is 0.735. The fraction of sp³-hybridized carbons (Fsp3) is 0.667. The lowest BCUT2D eigenvalue weighted by Crippen LogP contribution is -2.40. The van der Waals surface area contributed by atoms with Crippen molar-refractivity contribution >= 4 is 28.6 Å². The van der Waals surface area contributed by atoms with Crippen LogP contribution in [0.2, 0.25) is 5.28 Å². The van der Waals surface area contributed by atoms with Crippen LogP contribution < -0.4 is 4.90 Å². The number of halogens is 2. The first-order chi connectivity index (χ1) is 11.8. The van der Waals surface area contributed by atoms with E-state index in [1.54, 1.807) is 0 Å². The van der Waals surface area contributed by atoms with Gasteiger partial charge in [0.2, 0.25) is 5.28 Å². The molecule has 2 N–H and O–H groups in total. The van der Waals surface area contributed by atoms with Gasteiger partial charge in [0.1, 0.15) is 12.2 Å². The minimum absolute atomic E-state index is 0.0227. The average molecular weight is 372 g/mol. The van der Waals surface area contributed by atoms with Gasteiger partial charge in [-0.3, -0.25) is 4.57 Å². The molecule has 2 aliphatic rings. The molecule has 25 heavy (non-hydrogen) atoms. The van der Waals surface area contributed by atoms with E-state index in [0.29, 0.717) is 23.0 Å². The Morgan fingerprint density at radius 2 is 2.20 bits per heavy atom. The van der Waals surface area contributed by atoms with Gasteiger partial charge in [-0.2, -0.15) is 9.97 Å². The van der Waals surface area contributed by atoms with Crippen LogP contribution in [0.15, 0.2) is 6.33 Å². The highest BCUT2D eigenvalue weighted by molar-refractivity contribution is 6.28. The van der Waals surface area contributed by atoms with Crippen LogP contribution >= 0.6 is 11.6 Å². The standard InChI is InChI=1S/C15H19ClFN5O3/c1-15(17)10(24)8(5-23)25-13(15)22-6-18-9-11(21(2)7-3-4-7)19-14(16)20-12(9)22/h6-8,10,13,23-24H,3-5H2,1-2H3/t8-,10-,13-,15-/m1/s1. The molecule has 1 saturated carbocycles. The number of hydrogen-bond acceptors (Lipinski definition) is 7. The highest BCUT2D eigenvalue weighted by atomic mass is 35.5. The molecular formula is C15H19ClFN5O3. The number of nitrogens with zero attached hydrogens (tertiary/aromatic N) is 5. The van der Waals surface area contributed by atoms with Crippen LogP contribution in [0.4, 0.5) is 10.2 Å². The lowest BCUT2D eigenvalue weighted by atomic mass is 9.98. The van der Waals surface area contributed by atoms with Crippen LogP contribution in [-0.2, 0) is 4.74 Å². The van der Waals surface area contributed by atoms with E-state index in [2.05, 4.69) is 15.0 Å². The molecule has 10 heteroatoms. The minimum Gasteiger partial charge on any atom is -0.394 e. The highest BCUT2D eigenvalue weighted by Gasteiger charge is 2.55. The highest BCUT2D eigenvalue weighted by Crippen LogP contribution is 2.43. The van der Waals surface area contributed by atoms with Crippen molar-refractivity contribution in [3.05, 3.63) is 11.6 Å². The van der Waals surface area contributed by atoms with Gasteiger partial charge in [-0.05, 0) is 31.4 Å². The molecule has 0 unspecified atom stereocenters. The second kappa shape index (κ2) is 5.73.